The Morgan fingerprint density at radius 3 is 2.47 bits per heavy atom. The van der Waals surface area contributed by atoms with Crippen molar-refractivity contribution < 1.29 is 19.4 Å². The third-order valence-corrected chi connectivity index (χ3v) is 7.75. The van der Waals surface area contributed by atoms with Gasteiger partial charge in [0.25, 0.3) is 17.4 Å². The van der Waals surface area contributed by atoms with Crippen LogP contribution in [0, 0.1) is 6.92 Å². The molecule has 11 heteroatoms. The number of morpholine rings is 1. The lowest BCUT2D eigenvalue weighted by molar-refractivity contribution is -0.0447. The first kappa shape index (κ1) is 31.6. The molecule has 0 radical (unpaired) electrons. The molecule has 1 saturated heterocycles. The Kier molecular flexibility index (Phi) is 9.12. The zero-order valence-corrected chi connectivity index (χ0v) is 26.1. The molecule has 2 aromatic heterocycles. The third-order valence-electron chi connectivity index (χ3n) is 7.75. The van der Waals surface area contributed by atoms with Gasteiger partial charge in [-0.15, -0.1) is 0 Å². The lowest BCUT2D eigenvalue weighted by Gasteiger charge is -2.32. The van der Waals surface area contributed by atoms with Gasteiger partial charge >= 0.3 is 0 Å². The number of hydrogen-bond donors (Lipinski definition) is 3. The van der Waals surface area contributed by atoms with Gasteiger partial charge in [-0.2, -0.15) is 0 Å². The van der Waals surface area contributed by atoms with E-state index < -0.39 is 0 Å². The topological polar surface area (TPSA) is 139 Å². The molecule has 1 fully saturated rings. The van der Waals surface area contributed by atoms with Crippen molar-refractivity contribution in [3.05, 3.63) is 99.7 Å². The summed E-state index contributed by atoms with van der Waals surface area (Å²) < 4.78 is 6.89. The number of aliphatic hydroxyl groups excluding tert-OH is 1. The number of ether oxygens (including phenoxy) is 1. The number of hydrogen-bond acceptors (Lipinski definition) is 8. The van der Waals surface area contributed by atoms with Crippen molar-refractivity contribution in [3.8, 4) is 11.3 Å². The van der Waals surface area contributed by atoms with Crippen LogP contribution >= 0.6 is 0 Å². The molecule has 11 nitrogen and oxygen atoms in total. The molecule has 45 heavy (non-hydrogen) atoms. The number of aliphatic hydroxyl groups is 1. The number of aryl methyl sites for hydroxylation is 1. The normalized spacial score (nSPS) is 15.1. The van der Waals surface area contributed by atoms with Crippen LogP contribution in [0.3, 0.4) is 0 Å². The van der Waals surface area contributed by atoms with E-state index in [9.17, 15) is 19.5 Å². The Morgan fingerprint density at radius 2 is 1.80 bits per heavy atom. The van der Waals surface area contributed by atoms with Crippen LogP contribution in [0.2, 0.25) is 0 Å². The Labute approximate surface area is 261 Å². The largest absolute Gasteiger partial charge is 0.394 e. The molecule has 2 aromatic carbocycles. The Hall–Kier alpha value is -4.87. The number of anilines is 3. The number of nitrogens with one attached hydrogen (secondary N) is 2. The van der Waals surface area contributed by atoms with Gasteiger partial charge in [-0.05, 0) is 55.0 Å². The molecule has 3 heterocycles. The summed E-state index contributed by atoms with van der Waals surface area (Å²) in [4.78, 5) is 49.8. The van der Waals surface area contributed by atoms with Crippen molar-refractivity contribution in [1.82, 2.24) is 19.4 Å². The number of amides is 2. The standard InChI is InChI=1S/C34H38N6O5/c1-21-26(7-6-8-27(21)38-31(42)23-11-14-29(35-17-23)34(2,3)4)28-19-39(5)33(44)30(37-28)36-24-12-9-22(10-13-24)32(43)40-15-16-45-25(18-40)20-41/h6-14,17,19,25,41H,15-16,18,20H2,1-5H3,(H,36,37)(H,38,42). The molecule has 4 aromatic rings. The minimum absolute atomic E-state index is 0.117. The molecule has 234 valence electrons. The minimum atomic E-state index is -0.387. The van der Waals surface area contributed by atoms with Gasteiger partial charge in [-0.1, -0.05) is 32.9 Å². The van der Waals surface area contributed by atoms with E-state index in [1.54, 1.807) is 54.7 Å². The van der Waals surface area contributed by atoms with Crippen LogP contribution in [-0.2, 0) is 17.2 Å². The monoisotopic (exact) mass is 610 g/mol. The van der Waals surface area contributed by atoms with Crippen molar-refractivity contribution in [1.29, 1.82) is 0 Å². The second-order valence-corrected chi connectivity index (χ2v) is 12.1. The van der Waals surface area contributed by atoms with Gasteiger partial charge < -0.3 is 29.9 Å². The highest BCUT2D eigenvalue weighted by Gasteiger charge is 2.24. The SMILES string of the molecule is Cc1c(NC(=O)c2ccc(C(C)(C)C)nc2)cccc1-c1cn(C)c(=O)c(Nc2ccc(C(=O)N3CCOC(CO)C3)cc2)n1. The van der Waals surface area contributed by atoms with Crippen molar-refractivity contribution in [3.63, 3.8) is 0 Å². The quantitative estimate of drug-likeness (QED) is 0.282. The predicted octanol–water partition coefficient (Wildman–Crippen LogP) is 4.28. The highest BCUT2D eigenvalue weighted by Crippen LogP contribution is 2.28. The van der Waals surface area contributed by atoms with E-state index >= 15 is 0 Å². The molecule has 1 aliphatic rings. The van der Waals surface area contributed by atoms with Crippen LogP contribution in [0.25, 0.3) is 11.3 Å². The first-order valence-electron chi connectivity index (χ1n) is 14.8. The Morgan fingerprint density at radius 1 is 1.07 bits per heavy atom. The number of nitrogens with zero attached hydrogens (tertiary/aromatic N) is 4. The number of carbonyl (C=O) groups is 2. The average molecular weight is 611 g/mol. The smallest absolute Gasteiger partial charge is 0.293 e. The molecule has 0 spiro atoms. The Balaban J connectivity index is 1.34. The van der Waals surface area contributed by atoms with Crippen LogP contribution in [0.15, 0.2) is 71.8 Å². The Bertz CT molecular complexity index is 1760. The fraction of sp³-hybridized carbons (Fsp3) is 0.324. The van der Waals surface area contributed by atoms with Crippen molar-refractivity contribution in [2.45, 2.75) is 39.2 Å². The van der Waals surface area contributed by atoms with E-state index in [0.29, 0.717) is 47.9 Å². The van der Waals surface area contributed by atoms with Gasteiger partial charge in [-0.3, -0.25) is 19.4 Å². The second kappa shape index (κ2) is 13.0. The number of aromatic nitrogens is 3. The van der Waals surface area contributed by atoms with Crippen LogP contribution in [0.4, 0.5) is 17.2 Å². The number of benzene rings is 2. The van der Waals surface area contributed by atoms with Gasteiger partial charge in [0.1, 0.15) is 0 Å². The third kappa shape index (κ3) is 7.11. The van der Waals surface area contributed by atoms with Crippen molar-refractivity contribution in [2.24, 2.45) is 7.05 Å². The molecule has 3 N–H and O–H groups in total. The summed E-state index contributed by atoms with van der Waals surface area (Å²) in [5.74, 6) is -0.311. The van der Waals surface area contributed by atoms with Gasteiger partial charge in [0.05, 0.1) is 30.6 Å². The van der Waals surface area contributed by atoms with Gasteiger partial charge in [0.2, 0.25) is 0 Å². The highest BCUT2D eigenvalue weighted by atomic mass is 16.5. The average Bonchev–Trinajstić information content (AvgIpc) is 3.03. The van der Waals surface area contributed by atoms with E-state index in [0.717, 1.165) is 16.8 Å². The maximum absolute atomic E-state index is 13.1. The number of rotatable bonds is 7. The van der Waals surface area contributed by atoms with Gasteiger partial charge in [-0.25, -0.2) is 4.98 Å². The summed E-state index contributed by atoms with van der Waals surface area (Å²) in [6, 6.07) is 16.0. The molecule has 0 bridgehead atoms. The van der Waals surface area contributed by atoms with Crippen molar-refractivity contribution in [2.75, 3.05) is 36.9 Å². The second-order valence-electron chi connectivity index (χ2n) is 12.1. The summed E-state index contributed by atoms with van der Waals surface area (Å²) in [7, 11) is 1.65. The van der Waals surface area contributed by atoms with Crippen LogP contribution in [0.1, 0.15) is 52.7 Å². The fourth-order valence-corrected chi connectivity index (χ4v) is 5.06. The van der Waals surface area contributed by atoms with E-state index in [4.69, 9.17) is 4.74 Å². The summed E-state index contributed by atoms with van der Waals surface area (Å²) in [5, 5.41) is 15.4. The highest BCUT2D eigenvalue weighted by molar-refractivity contribution is 6.05. The molecular weight excluding hydrogens is 572 g/mol. The zero-order chi connectivity index (χ0) is 32.3. The summed E-state index contributed by atoms with van der Waals surface area (Å²) in [5.41, 5.74) is 4.69. The molecule has 0 aliphatic carbocycles. The lowest BCUT2D eigenvalue weighted by atomic mass is 9.91. The fourth-order valence-electron chi connectivity index (χ4n) is 5.06. The minimum Gasteiger partial charge on any atom is -0.394 e. The molecule has 0 saturated carbocycles. The van der Waals surface area contributed by atoms with E-state index in [-0.39, 0.29) is 41.3 Å². The molecule has 1 unspecified atom stereocenters. The van der Waals surface area contributed by atoms with Crippen LogP contribution in [-0.4, -0.2) is 68.8 Å². The molecule has 1 atom stereocenters. The molecule has 5 rings (SSSR count). The maximum Gasteiger partial charge on any atom is 0.293 e. The van der Waals surface area contributed by atoms with Gasteiger partial charge in [0.15, 0.2) is 5.82 Å². The molecule has 1 aliphatic heterocycles. The predicted molar refractivity (Wildman–Crippen MR) is 173 cm³/mol. The van der Waals surface area contributed by atoms with Crippen LogP contribution < -0.4 is 16.2 Å². The zero-order valence-electron chi connectivity index (χ0n) is 26.1. The first-order chi connectivity index (χ1) is 21.4. The van der Waals surface area contributed by atoms with E-state index in [1.807, 2.05) is 31.2 Å². The lowest BCUT2D eigenvalue weighted by Crippen LogP contribution is -2.46. The van der Waals surface area contributed by atoms with Crippen LogP contribution in [0.5, 0.6) is 0 Å². The molecule has 2 amide bonds. The maximum atomic E-state index is 13.1. The van der Waals surface area contributed by atoms with Gasteiger partial charge in [0, 0.05) is 66.1 Å². The first-order valence-corrected chi connectivity index (χ1v) is 14.8. The molecular formula is C34H38N6O5. The summed E-state index contributed by atoms with van der Waals surface area (Å²) in [6.07, 6.45) is 2.85. The summed E-state index contributed by atoms with van der Waals surface area (Å²) >= 11 is 0. The summed E-state index contributed by atoms with van der Waals surface area (Å²) in [6.45, 7) is 9.10. The number of carbonyl (C=O) groups excluding carboxylic acids is 2. The number of pyridine rings is 1. The van der Waals surface area contributed by atoms with E-state index in [2.05, 4.69) is 41.4 Å². The van der Waals surface area contributed by atoms with E-state index in [1.165, 1.54) is 4.57 Å². The van der Waals surface area contributed by atoms with Crippen molar-refractivity contribution >= 4 is 29.0 Å².